The molecule has 0 unspecified atom stereocenters. The average Bonchev–Trinajstić information content (AvgIpc) is 2.03. The van der Waals surface area contributed by atoms with Gasteiger partial charge in [-0.25, -0.2) is 0 Å². The van der Waals surface area contributed by atoms with Crippen LogP contribution in [0.5, 0.6) is 0 Å². The molecule has 1 aliphatic carbocycles. The van der Waals surface area contributed by atoms with Crippen LogP contribution in [0.2, 0.25) is 0 Å². The first kappa shape index (κ1) is 7.42. The van der Waals surface area contributed by atoms with Crippen molar-refractivity contribution in [3.05, 3.63) is 10.4 Å². The minimum Gasteiger partial charge on any atom is -0.0937 e. The van der Waals surface area contributed by atoms with Crippen LogP contribution >= 0.6 is 0 Å². The maximum Gasteiger partial charge on any atom is 0.0286 e. The van der Waals surface area contributed by atoms with Crippen molar-refractivity contribution in [1.82, 2.24) is 0 Å². The number of azide groups is 1. The van der Waals surface area contributed by atoms with E-state index < -0.39 is 0 Å². The maximum atomic E-state index is 8.06. The van der Waals surface area contributed by atoms with E-state index in [9.17, 15) is 0 Å². The Morgan fingerprint density at radius 1 is 1.30 bits per heavy atom. The normalized spacial score (nSPS) is 20.0. The van der Waals surface area contributed by atoms with Crippen LogP contribution in [0, 0.1) is 5.92 Å². The Labute approximate surface area is 61.1 Å². The van der Waals surface area contributed by atoms with Gasteiger partial charge in [-0.2, -0.15) is 0 Å². The molecule has 1 aliphatic rings. The fourth-order valence-corrected chi connectivity index (χ4v) is 1.52. The van der Waals surface area contributed by atoms with Crippen LogP contribution in [-0.4, -0.2) is 6.54 Å². The summed E-state index contributed by atoms with van der Waals surface area (Å²) in [6, 6.07) is 0. The Hall–Kier alpha value is -0.690. The first-order valence-corrected chi connectivity index (χ1v) is 3.94. The summed E-state index contributed by atoms with van der Waals surface area (Å²) in [6.07, 6.45) is 6.54. The molecule has 0 heterocycles. The van der Waals surface area contributed by atoms with Crippen LogP contribution in [0.15, 0.2) is 5.11 Å². The predicted molar refractivity (Wildman–Crippen MR) is 40.6 cm³/mol. The Bertz CT molecular complexity index is 132. The molecule has 0 atom stereocenters. The van der Waals surface area contributed by atoms with Crippen LogP contribution < -0.4 is 0 Å². The molecule has 0 aromatic rings. The average molecular weight is 139 g/mol. The quantitative estimate of drug-likeness (QED) is 0.321. The summed E-state index contributed by atoms with van der Waals surface area (Å²) in [5.74, 6) is 0.685. The Balaban J connectivity index is 2.19. The highest BCUT2D eigenvalue weighted by molar-refractivity contribution is 4.67. The van der Waals surface area contributed by atoms with Gasteiger partial charge in [0.15, 0.2) is 0 Å². The third-order valence-electron chi connectivity index (χ3n) is 2.13. The van der Waals surface area contributed by atoms with Gasteiger partial charge >= 0.3 is 0 Å². The zero-order chi connectivity index (χ0) is 7.23. The summed E-state index contributed by atoms with van der Waals surface area (Å²) >= 11 is 0. The molecule has 0 aromatic carbocycles. The van der Waals surface area contributed by atoms with Crippen LogP contribution in [0.4, 0.5) is 0 Å². The zero-order valence-electron chi connectivity index (χ0n) is 6.16. The van der Waals surface area contributed by atoms with Crippen molar-refractivity contribution in [2.45, 2.75) is 32.1 Å². The molecule has 3 nitrogen and oxygen atoms in total. The van der Waals surface area contributed by atoms with E-state index in [4.69, 9.17) is 5.53 Å². The third-order valence-corrected chi connectivity index (χ3v) is 2.13. The molecule has 0 radical (unpaired) electrons. The van der Waals surface area contributed by atoms with E-state index in [1.54, 1.807) is 0 Å². The van der Waals surface area contributed by atoms with Gasteiger partial charge in [0.2, 0.25) is 0 Å². The Kier molecular flexibility index (Phi) is 3.10. The molecule has 1 rings (SSSR count). The van der Waals surface area contributed by atoms with Gasteiger partial charge in [-0.05, 0) is 11.4 Å². The number of nitrogens with zero attached hydrogens (tertiary/aromatic N) is 3. The minimum atomic E-state index is 0.685. The molecule has 0 bridgehead atoms. The molecule has 0 saturated heterocycles. The molecule has 0 amide bonds. The van der Waals surface area contributed by atoms with Gasteiger partial charge in [-0.1, -0.05) is 37.2 Å². The summed E-state index contributed by atoms with van der Waals surface area (Å²) in [5.41, 5.74) is 8.06. The molecular weight excluding hydrogens is 126 g/mol. The molecule has 10 heavy (non-hydrogen) atoms. The fourth-order valence-electron chi connectivity index (χ4n) is 1.52. The van der Waals surface area contributed by atoms with E-state index in [1.807, 2.05) is 0 Å². The van der Waals surface area contributed by atoms with Crippen LogP contribution in [0.3, 0.4) is 0 Å². The summed E-state index contributed by atoms with van der Waals surface area (Å²) in [6.45, 7) is 0.719. The van der Waals surface area contributed by atoms with E-state index in [0.717, 1.165) is 6.54 Å². The minimum absolute atomic E-state index is 0.685. The van der Waals surface area contributed by atoms with Gasteiger partial charge in [-0.15, -0.1) is 0 Å². The highest BCUT2D eigenvalue weighted by atomic mass is 15.1. The van der Waals surface area contributed by atoms with Crippen molar-refractivity contribution >= 4 is 0 Å². The van der Waals surface area contributed by atoms with Gasteiger partial charge in [0.05, 0.1) is 0 Å². The largest absolute Gasteiger partial charge is 0.0937 e. The molecule has 0 N–H and O–H groups in total. The van der Waals surface area contributed by atoms with Crippen molar-refractivity contribution in [3.8, 4) is 0 Å². The van der Waals surface area contributed by atoms with Crippen molar-refractivity contribution in [1.29, 1.82) is 0 Å². The fraction of sp³-hybridized carbons (Fsp3) is 1.00. The van der Waals surface area contributed by atoms with E-state index in [2.05, 4.69) is 10.0 Å². The monoisotopic (exact) mass is 139 g/mol. The molecule has 1 saturated carbocycles. The van der Waals surface area contributed by atoms with Gasteiger partial charge in [-0.3, -0.25) is 0 Å². The second-order valence-corrected chi connectivity index (χ2v) is 2.92. The smallest absolute Gasteiger partial charge is 0.0286 e. The number of hydrogen-bond acceptors (Lipinski definition) is 1. The van der Waals surface area contributed by atoms with Crippen LogP contribution in [0.1, 0.15) is 32.1 Å². The Morgan fingerprint density at radius 3 is 2.60 bits per heavy atom. The van der Waals surface area contributed by atoms with Gasteiger partial charge in [0.1, 0.15) is 0 Å². The number of hydrogen-bond donors (Lipinski definition) is 0. The number of rotatable bonds is 2. The second kappa shape index (κ2) is 4.18. The molecule has 1 fully saturated rings. The summed E-state index contributed by atoms with van der Waals surface area (Å²) in [7, 11) is 0. The lowest BCUT2D eigenvalue weighted by atomic mass is 9.89. The molecule has 0 aromatic heterocycles. The van der Waals surface area contributed by atoms with Gasteiger partial charge in [0.25, 0.3) is 0 Å². The molecule has 0 spiro atoms. The van der Waals surface area contributed by atoms with Gasteiger partial charge in [0, 0.05) is 11.5 Å². The van der Waals surface area contributed by atoms with Crippen molar-refractivity contribution < 1.29 is 0 Å². The van der Waals surface area contributed by atoms with Crippen LogP contribution in [0.25, 0.3) is 10.4 Å². The van der Waals surface area contributed by atoms with Crippen molar-refractivity contribution in [3.63, 3.8) is 0 Å². The van der Waals surface area contributed by atoms with Gasteiger partial charge < -0.3 is 0 Å². The lowest BCUT2D eigenvalue weighted by Crippen LogP contribution is -2.08. The zero-order valence-corrected chi connectivity index (χ0v) is 6.16. The van der Waals surface area contributed by atoms with E-state index in [-0.39, 0.29) is 0 Å². The maximum absolute atomic E-state index is 8.06. The molecule has 3 heteroatoms. The summed E-state index contributed by atoms with van der Waals surface area (Å²) in [5, 5.41) is 3.58. The van der Waals surface area contributed by atoms with Crippen LogP contribution in [-0.2, 0) is 0 Å². The van der Waals surface area contributed by atoms with Crippen molar-refractivity contribution in [2.75, 3.05) is 6.54 Å². The first-order valence-electron chi connectivity index (χ1n) is 3.94. The predicted octanol–water partition coefficient (Wildman–Crippen LogP) is 2.88. The molecule has 56 valence electrons. The topological polar surface area (TPSA) is 48.8 Å². The van der Waals surface area contributed by atoms with E-state index in [1.165, 1.54) is 32.1 Å². The third kappa shape index (κ3) is 2.28. The van der Waals surface area contributed by atoms with E-state index in [0.29, 0.717) is 5.92 Å². The summed E-state index contributed by atoms with van der Waals surface area (Å²) < 4.78 is 0. The highest BCUT2D eigenvalue weighted by Gasteiger charge is 2.11. The lowest BCUT2D eigenvalue weighted by Gasteiger charge is -2.18. The molecule has 0 aliphatic heterocycles. The standard InChI is InChI=1S/C7H13N3/c8-10-9-6-7-4-2-1-3-5-7/h7H,1-6H2. The lowest BCUT2D eigenvalue weighted by molar-refractivity contribution is 0.366. The summed E-state index contributed by atoms with van der Waals surface area (Å²) in [4.78, 5) is 2.75. The first-order chi connectivity index (χ1) is 4.93. The van der Waals surface area contributed by atoms with E-state index >= 15 is 0 Å². The Morgan fingerprint density at radius 2 is 2.00 bits per heavy atom. The SMILES string of the molecule is [N-]=[N+]=NCC1CCCCC1. The highest BCUT2D eigenvalue weighted by Crippen LogP contribution is 2.23. The molecular formula is C7H13N3. The van der Waals surface area contributed by atoms with Crippen molar-refractivity contribution in [2.24, 2.45) is 11.0 Å². The second-order valence-electron chi connectivity index (χ2n) is 2.92.